The number of thiazole rings is 1. The van der Waals surface area contributed by atoms with Gasteiger partial charge in [-0.3, -0.25) is 10.1 Å². The van der Waals surface area contributed by atoms with Crippen LogP contribution in [-0.4, -0.2) is 33.0 Å². The molecule has 30 heavy (non-hydrogen) atoms. The minimum Gasteiger partial charge on any atom is -0.378 e. The second kappa shape index (κ2) is 8.98. The summed E-state index contributed by atoms with van der Waals surface area (Å²) in [5, 5.41) is 11.6. The molecule has 0 aliphatic heterocycles. The molecule has 0 saturated heterocycles. The van der Waals surface area contributed by atoms with Crippen LogP contribution in [0.15, 0.2) is 60.8 Å². The Morgan fingerprint density at radius 3 is 2.77 bits per heavy atom. The molecule has 4 aromatic rings. The molecule has 0 aliphatic rings. The Balaban J connectivity index is 1.52. The van der Waals surface area contributed by atoms with Crippen molar-refractivity contribution in [2.45, 2.75) is 20.0 Å². The number of aryl methyl sites for hydroxylation is 1. The molecule has 2 heterocycles. The maximum atomic E-state index is 12.9. The summed E-state index contributed by atoms with van der Waals surface area (Å²) in [5.41, 5.74) is 4.04. The van der Waals surface area contributed by atoms with Gasteiger partial charge in [0, 0.05) is 24.6 Å². The van der Waals surface area contributed by atoms with E-state index < -0.39 is 0 Å². The fourth-order valence-corrected chi connectivity index (χ4v) is 3.99. The monoisotopic (exact) mass is 419 g/mol. The molecule has 7 nitrogen and oxygen atoms in total. The van der Waals surface area contributed by atoms with Crippen LogP contribution in [0.1, 0.15) is 32.2 Å². The lowest BCUT2D eigenvalue weighted by Gasteiger charge is -2.07. The molecular weight excluding hydrogens is 398 g/mol. The molecule has 0 fully saturated rings. The van der Waals surface area contributed by atoms with Gasteiger partial charge in [0.2, 0.25) is 0 Å². The van der Waals surface area contributed by atoms with E-state index in [1.807, 2.05) is 36.4 Å². The molecule has 2 aromatic heterocycles. The molecule has 0 radical (unpaired) electrons. The smallest absolute Gasteiger partial charge is 0.280 e. The Morgan fingerprint density at radius 1 is 1.17 bits per heavy atom. The van der Waals surface area contributed by atoms with Gasteiger partial charge in [0.05, 0.1) is 12.3 Å². The average molecular weight is 420 g/mol. The van der Waals surface area contributed by atoms with Gasteiger partial charge in [-0.15, -0.1) is 16.4 Å². The highest BCUT2D eigenvalue weighted by Gasteiger charge is 2.21. The quantitative estimate of drug-likeness (QED) is 0.489. The van der Waals surface area contributed by atoms with Crippen LogP contribution in [0.25, 0.3) is 5.69 Å². The van der Waals surface area contributed by atoms with E-state index in [0.717, 1.165) is 17.0 Å². The van der Waals surface area contributed by atoms with Crippen molar-refractivity contribution >= 4 is 22.4 Å². The summed E-state index contributed by atoms with van der Waals surface area (Å²) >= 11 is 1.45. The fourth-order valence-electron chi connectivity index (χ4n) is 3.15. The van der Waals surface area contributed by atoms with E-state index in [-0.39, 0.29) is 18.2 Å². The molecular formula is C22H21N5O2S. The van der Waals surface area contributed by atoms with Gasteiger partial charge in [0.15, 0.2) is 10.8 Å². The molecule has 4 rings (SSSR count). The van der Waals surface area contributed by atoms with Crippen LogP contribution < -0.4 is 5.32 Å². The lowest BCUT2D eigenvalue weighted by atomic mass is 10.1. The molecule has 1 amide bonds. The van der Waals surface area contributed by atoms with E-state index in [2.05, 4.69) is 45.7 Å². The van der Waals surface area contributed by atoms with Crippen LogP contribution in [0.2, 0.25) is 0 Å². The highest BCUT2D eigenvalue weighted by Crippen LogP contribution is 2.23. The zero-order chi connectivity index (χ0) is 20.9. The number of anilines is 1. The first-order valence-corrected chi connectivity index (χ1v) is 10.3. The van der Waals surface area contributed by atoms with Gasteiger partial charge in [-0.1, -0.05) is 53.2 Å². The third-order valence-corrected chi connectivity index (χ3v) is 5.41. The summed E-state index contributed by atoms with van der Waals surface area (Å²) in [5.74, 6) is -0.360. The van der Waals surface area contributed by atoms with Crippen molar-refractivity contribution in [3.05, 3.63) is 88.2 Å². The maximum Gasteiger partial charge on any atom is 0.280 e. The van der Waals surface area contributed by atoms with Crippen molar-refractivity contribution in [1.29, 1.82) is 0 Å². The summed E-state index contributed by atoms with van der Waals surface area (Å²) in [4.78, 5) is 18.3. The Bertz CT molecular complexity index is 1150. The number of hydrogen-bond acceptors (Lipinski definition) is 6. The highest BCUT2D eigenvalue weighted by molar-refractivity contribution is 7.15. The van der Waals surface area contributed by atoms with Crippen molar-refractivity contribution in [2.75, 3.05) is 12.4 Å². The van der Waals surface area contributed by atoms with Crippen molar-refractivity contribution in [1.82, 2.24) is 20.0 Å². The van der Waals surface area contributed by atoms with Crippen LogP contribution in [0, 0.1) is 6.92 Å². The molecule has 0 atom stereocenters. The topological polar surface area (TPSA) is 81.9 Å². The summed E-state index contributed by atoms with van der Waals surface area (Å²) in [7, 11) is 1.57. The second-order valence-corrected chi connectivity index (χ2v) is 7.93. The largest absolute Gasteiger partial charge is 0.378 e. The number of ether oxygens (including phenoxy) is 1. The van der Waals surface area contributed by atoms with Gasteiger partial charge in [0.25, 0.3) is 5.91 Å². The molecule has 0 bridgehead atoms. The van der Waals surface area contributed by atoms with E-state index in [1.54, 1.807) is 18.0 Å². The molecule has 0 aliphatic carbocycles. The number of aromatic nitrogens is 4. The van der Waals surface area contributed by atoms with Crippen LogP contribution in [-0.2, 0) is 17.8 Å². The summed E-state index contributed by atoms with van der Waals surface area (Å²) < 4.78 is 6.89. The van der Waals surface area contributed by atoms with Crippen LogP contribution in [0.4, 0.5) is 5.13 Å². The van der Waals surface area contributed by atoms with Gasteiger partial charge in [0.1, 0.15) is 5.69 Å². The molecule has 0 saturated carbocycles. The number of benzene rings is 2. The van der Waals surface area contributed by atoms with Gasteiger partial charge in [-0.25, -0.2) is 9.67 Å². The first-order chi connectivity index (χ1) is 14.6. The second-order valence-electron chi connectivity index (χ2n) is 6.82. The number of methoxy groups -OCH3 is 1. The number of nitrogens with zero attached hydrogens (tertiary/aromatic N) is 4. The predicted octanol–water partition coefficient (Wildman–Crippen LogP) is 4.02. The SMILES string of the molecule is COCc1c(C(=O)Nc2ncc(Cc3cccc(C)c3)s2)nnn1-c1ccccc1. The molecule has 1 N–H and O–H groups in total. The number of para-hydroxylation sites is 1. The number of nitrogens with one attached hydrogen (secondary N) is 1. The summed E-state index contributed by atoms with van der Waals surface area (Å²) in [6.07, 6.45) is 2.56. The molecule has 2 aromatic carbocycles. The molecule has 152 valence electrons. The molecule has 0 unspecified atom stereocenters. The Morgan fingerprint density at radius 2 is 2.00 bits per heavy atom. The van der Waals surface area contributed by atoms with E-state index in [9.17, 15) is 4.79 Å². The predicted molar refractivity (Wildman–Crippen MR) is 116 cm³/mol. The Kier molecular flexibility index (Phi) is 5.97. The average Bonchev–Trinajstić information content (AvgIpc) is 3.36. The van der Waals surface area contributed by atoms with E-state index in [1.165, 1.54) is 22.5 Å². The standard InChI is InChI=1S/C22H21N5O2S/c1-15-7-6-8-16(11-15)12-18-13-23-22(30-18)24-21(28)20-19(14-29-2)27(26-25-20)17-9-4-3-5-10-17/h3-11,13H,12,14H2,1-2H3,(H,23,24,28). The van der Waals surface area contributed by atoms with E-state index in [0.29, 0.717) is 10.8 Å². The van der Waals surface area contributed by atoms with Crippen molar-refractivity contribution < 1.29 is 9.53 Å². The van der Waals surface area contributed by atoms with Gasteiger partial charge in [-0.2, -0.15) is 0 Å². The van der Waals surface area contributed by atoms with Gasteiger partial charge < -0.3 is 4.74 Å². The lowest BCUT2D eigenvalue weighted by Crippen LogP contribution is -2.15. The zero-order valence-corrected chi connectivity index (χ0v) is 17.5. The van der Waals surface area contributed by atoms with Crippen molar-refractivity contribution in [2.24, 2.45) is 0 Å². The van der Waals surface area contributed by atoms with E-state index >= 15 is 0 Å². The van der Waals surface area contributed by atoms with E-state index in [4.69, 9.17) is 4.74 Å². The fraction of sp³-hybridized carbons (Fsp3) is 0.182. The Hall–Kier alpha value is -3.36. The number of amides is 1. The number of carbonyl (C=O) groups excluding carboxylic acids is 1. The third-order valence-electron chi connectivity index (χ3n) is 4.49. The van der Waals surface area contributed by atoms with Crippen molar-refractivity contribution in [3.8, 4) is 5.69 Å². The van der Waals surface area contributed by atoms with Gasteiger partial charge >= 0.3 is 0 Å². The minimum atomic E-state index is -0.360. The number of hydrogen-bond donors (Lipinski definition) is 1. The lowest BCUT2D eigenvalue weighted by molar-refractivity contribution is 0.101. The Labute approximate surface area is 178 Å². The number of rotatable bonds is 7. The van der Waals surface area contributed by atoms with Gasteiger partial charge in [-0.05, 0) is 24.6 Å². The summed E-state index contributed by atoms with van der Waals surface area (Å²) in [6, 6.07) is 17.9. The summed E-state index contributed by atoms with van der Waals surface area (Å²) in [6.45, 7) is 2.28. The zero-order valence-electron chi connectivity index (χ0n) is 16.7. The maximum absolute atomic E-state index is 12.9. The third kappa shape index (κ3) is 4.45. The number of carbonyl (C=O) groups is 1. The molecule has 8 heteroatoms. The first-order valence-electron chi connectivity index (χ1n) is 9.44. The van der Waals surface area contributed by atoms with Crippen LogP contribution in [0.3, 0.4) is 0 Å². The molecule has 0 spiro atoms. The normalized spacial score (nSPS) is 10.9. The highest BCUT2D eigenvalue weighted by atomic mass is 32.1. The van der Waals surface area contributed by atoms with Crippen LogP contribution >= 0.6 is 11.3 Å². The minimum absolute atomic E-state index is 0.209. The van der Waals surface area contributed by atoms with Crippen molar-refractivity contribution in [3.63, 3.8) is 0 Å². The van der Waals surface area contributed by atoms with Crippen LogP contribution in [0.5, 0.6) is 0 Å². The first kappa shape index (κ1) is 19.9.